The fourth-order valence-electron chi connectivity index (χ4n) is 1.77. The van der Waals surface area contributed by atoms with Crippen LogP contribution in [-0.2, 0) is 0 Å². The van der Waals surface area contributed by atoms with E-state index in [4.69, 9.17) is 0 Å². The average Bonchev–Trinajstić information content (AvgIpc) is 2.43. The first kappa shape index (κ1) is 14.1. The van der Waals surface area contributed by atoms with E-state index in [0.717, 1.165) is 10.6 Å². The summed E-state index contributed by atoms with van der Waals surface area (Å²) in [6, 6.07) is 10.4. The van der Waals surface area contributed by atoms with Crippen LogP contribution in [0.15, 0.2) is 46.3 Å². The molecule has 0 aliphatic heterocycles. The summed E-state index contributed by atoms with van der Waals surface area (Å²) in [5, 5.41) is 9.71. The predicted octanol–water partition coefficient (Wildman–Crippen LogP) is 4.29. The highest BCUT2D eigenvalue weighted by atomic mass is 32.2. The van der Waals surface area contributed by atoms with Crippen LogP contribution in [-0.4, -0.2) is 10.1 Å². The van der Waals surface area contributed by atoms with Crippen molar-refractivity contribution in [2.75, 3.05) is 0 Å². The van der Waals surface area contributed by atoms with Gasteiger partial charge in [0.1, 0.15) is 0 Å². The highest BCUT2D eigenvalue weighted by Crippen LogP contribution is 2.29. The van der Waals surface area contributed by atoms with Gasteiger partial charge in [-0.25, -0.2) is 0 Å². The summed E-state index contributed by atoms with van der Waals surface area (Å²) in [7, 11) is 0. The molecule has 0 aliphatic carbocycles. The Morgan fingerprint density at radius 2 is 1.84 bits per heavy atom. The first-order chi connectivity index (χ1) is 9.10. The van der Waals surface area contributed by atoms with Gasteiger partial charge in [0.15, 0.2) is 0 Å². The zero-order valence-electron chi connectivity index (χ0n) is 11.6. The second kappa shape index (κ2) is 6.22. The van der Waals surface area contributed by atoms with Gasteiger partial charge in [-0.3, -0.25) is 4.98 Å². The number of hydrogen-bond donors (Lipinski definition) is 1. The number of aromatic nitrogens is 1. The van der Waals surface area contributed by atoms with E-state index < -0.39 is 6.10 Å². The molecule has 1 aromatic heterocycles. The van der Waals surface area contributed by atoms with Gasteiger partial charge in [-0.05, 0) is 55.7 Å². The minimum absolute atomic E-state index is 0.458. The van der Waals surface area contributed by atoms with Crippen LogP contribution in [0.1, 0.15) is 36.3 Å². The molecule has 0 radical (unpaired) electrons. The molecule has 2 aromatic rings. The molecule has 0 saturated heterocycles. The Morgan fingerprint density at radius 1 is 1.11 bits per heavy atom. The molecule has 0 spiro atoms. The maximum absolute atomic E-state index is 9.71. The summed E-state index contributed by atoms with van der Waals surface area (Å²) in [4.78, 5) is 6.62. The van der Waals surface area contributed by atoms with Gasteiger partial charge in [0.25, 0.3) is 0 Å². The number of aliphatic hydroxyl groups excluding tert-OH is 1. The largest absolute Gasteiger partial charge is 0.387 e. The van der Waals surface area contributed by atoms with Crippen molar-refractivity contribution in [1.82, 2.24) is 4.98 Å². The van der Waals surface area contributed by atoms with Gasteiger partial charge >= 0.3 is 0 Å². The number of aryl methyl sites for hydroxylation is 2. The van der Waals surface area contributed by atoms with Gasteiger partial charge in [-0.2, -0.15) is 0 Å². The molecule has 1 unspecified atom stereocenters. The molecular weight excluding hydrogens is 254 g/mol. The quantitative estimate of drug-likeness (QED) is 0.902. The first-order valence-electron chi connectivity index (χ1n) is 6.49. The van der Waals surface area contributed by atoms with Crippen molar-refractivity contribution < 1.29 is 5.11 Å². The van der Waals surface area contributed by atoms with Crippen molar-refractivity contribution in [2.24, 2.45) is 0 Å². The molecule has 0 aliphatic rings. The lowest BCUT2D eigenvalue weighted by atomic mass is 10.1. The Labute approximate surface area is 118 Å². The zero-order chi connectivity index (χ0) is 13.8. The van der Waals surface area contributed by atoms with Gasteiger partial charge < -0.3 is 5.11 Å². The van der Waals surface area contributed by atoms with E-state index in [0.29, 0.717) is 6.42 Å². The van der Waals surface area contributed by atoms with Gasteiger partial charge in [0, 0.05) is 16.0 Å². The van der Waals surface area contributed by atoms with Crippen molar-refractivity contribution in [1.29, 1.82) is 0 Å². The summed E-state index contributed by atoms with van der Waals surface area (Å²) in [6.07, 6.45) is 2.06. The van der Waals surface area contributed by atoms with E-state index in [1.807, 2.05) is 25.3 Å². The molecular formula is C16H19NOS. The van der Waals surface area contributed by atoms with Gasteiger partial charge in [-0.15, -0.1) is 0 Å². The minimum Gasteiger partial charge on any atom is -0.387 e. The van der Waals surface area contributed by atoms with Crippen molar-refractivity contribution in [3.63, 3.8) is 0 Å². The van der Waals surface area contributed by atoms with Crippen LogP contribution >= 0.6 is 11.8 Å². The number of pyridine rings is 1. The Kier molecular flexibility index (Phi) is 4.61. The Balaban J connectivity index is 2.12. The topological polar surface area (TPSA) is 33.1 Å². The predicted molar refractivity (Wildman–Crippen MR) is 79.5 cm³/mol. The molecule has 1 heterocycles. The van der Waals surface area contributed by atoms with Crippen molar-refractivity contribution in [2.45, 2.75) is 43.1 Å². The molecule has 19 heavy (non-hydrogen) atoms. The SMILES string of the molecule is CCC(O)c1ccc(Sc2ccc(C)c(C)c2)cn1. The van der Waals surface area contributed by atoms with Crippen LogP contribution in [0.4, 0.5) is 0 Å². The molecule has 0 saturated carbocycles. The van der Waals surface area contributed by atoms with Crippen LogP contribution in [0.25, 0.3) is 0 Å². The van der Waals surface area contributed by atoms with Crippen LogP contribution in [0.5, 0.6) is 0 Å². The van der Waals surface area contributed by atoms with Gasteiger partial charge in [0.2, 0.25) is 0 Å². The van der Waals surface area contributed by atoms with E-state index in [9.17, 15) is 5.11 Å². The number of benzene rings is 1. The van der Waals surface area contributed by atoms with Crippen LogP contribution in [0, 0.1) is 13.8 Å². The lowest BCUT2D eigenvalue weighted by molar-refractivity contribution is 0.169. The zero-order valence-corrected chi connectivity index (χ0v) is 12.4. The molecule has 100 valence electrons. The Morgan fingerprint density at radius 3 is 2.42 bits per heavy atom. The summed E-state index contributed by atoms with van der Waals surface area (Å²) < 4.78 is 0. The molecule has 2 rings (SSSR count). The second-order valence-corrected chi connectivity index (χ2v) is 5.84. The Hall–Kier alpha value is -1.32. The molecule has 1 aromatic carbocycles. The van der Waals surface area contributed by atoms with Crippen molar-refractivity contribution >= 4 is 11.8 Å². The van der Waals surface area contributed by atoms with Crippen molar-refractivity contribution in [3.05, 3.63) is 53.3 Å². The van der Waals surface area contributed by atoms with Crippen LogP contribution in [0.2, 0.25) is 0 Å². The molecule has 2 nitrogen and oxygen atoms in total. The van der Waals surface area contributed by atoms with Crippen LogP contribution in [0.3, 0.4) is 0 Å². The standard InChI is InChI=1S/C16H19NOS/c1-4-16(18)15-8-7-14(10-17-15)19-13-6-5-11(2)12(3)9-13/h5-10,16,18H,4H2,1-3H3. The number of rotatable bonds is 4. The summed E-state index contributed by atoms with van der Waals surface area (Å²) in [5.74, 6) is 0. The highest BCUT2D eigenvalue weighted by Gasteiger charge is 2.06. The smallest absolute Gasteiger partial charge is 0.0957 e. The number of nitrogens with zero attached hydrogens (tertiary/aromatic N) is 1. The van der Waals surface area contributed by atoms with Gasteiger partial charge in [0.05, 0.1) is 11.8 Å². The summed E-state index contributed by atoms with van der Waals surface area (Å²) >= 11 is 1.69. The lowest BCUT2D eigenvalue weighted by Gasteiger charge is -2.08. The average molecular weight is 273 g/mol. The third-order valence-electron chi connectivity index (χ3n) is 3.20. The van der Waals surface area contributed by atoms with E-state index in [2.05, 4.69) is 37.0 Å². The normalized spacial score (nSPS) is 12.4. The van der Waals surface area contributed by atoms with E-state index in [1.54, 1.807) is 11.8 Å². The van der Waals surface area contributed by atoms with Crippen molar-refractivity contribution in [3.8, 4) is 0 Å². The molecule has 3 heteroatoms. The maximum Gasteiger partial charge on any atom is 0.0957 e. The molecule has 1 N–H and O–H groups in total. The molecule has 0 amide bonds. The minimum atomic E-state index is -0.458. The van der Waals surface area contributed by atoms with E-state index >= 15 is 0 Å². The summed E-state index contributed by atoms with van der Waals surface area (Å²) in [5.41, 5.74) is 3.35. The molecule has 0 bridgehead atoms. The second-order valence-electron chi connectivity index (χ2n) is 4.69. The van der Waals surface area contributed by atoms with Gasteiger partial charge in [-0.1, -0.05) is 24.8 Å². The molecule has 0 fully saturated rings. The fourth-order valence-corrected chi connectivity index (χ4v) is 2.66. The summed E-state index contributed by atoms with van der Waals surface area (Å²) in [6.45, 7) is 6.19. The third kappa shape index (κ3) is 3.58. The van der Waals surface area contributed by atoms with Crippen LogP contribution < -0.4 is 0 Å². The Bertz CT molecular complexity index is 551. The molecule has 1 atom stereocenters. The lowest BCUT2D eigenvalue weighted by Crippen LogP contribution is -1.97. The van der Waals surface area contributed by atoms with E-state index in [1.165, 1.54) is 16.0 Å². The maximum atomic E-state index is 9.71. The third-order valence-corrected chi connectivity index (χ3v) is 4.17. The fraction of sp³-hybridized carbons (Fsp3) is 0.312. The monoisotopic (exact) mass is 273 g/mol. The first-order valence-corrected chi connectivity index (χ1v) is 7.31. The number of hydrogen-bond acceptors (Lipinski definition) is 3. The number of aliphatic hydroxyl groups is 1. The highest BCUT2D eigenvalue weighted by molar-refractivity contribution is 7.99. The van der Waals surface area contributed by atoms with E-state index in [-0.39, 0.29) is 0 Å².